The van der Waals surface area contributed by atoms with Crippen LogP contribution in [0.15, 0.2) is 0 Å². The van der Waals surface area contributed by atoms with E-state index in [1.165, 1.54) is 6.16 Å². The molecule has 5 heteroatoms. The van der Waals surface area contributed by atoms with Crippen LogP contribution in [-0.2, 0) is 4.79 Å². The summed E-state index contributed by atoms with van der Waals surface area (Å²) in [5.41, 5.74) is 0. The molecule has 0 aliphatic carbocycles. The molecule has 4 nitrogen and oxygen atoms in total. The molecule has 0 bridgehead atoms. The van der Waals surface area contributed by atoms with Gasteiger partial charge in [-0.15, -0.1) is 9.24 Å². The standard InChI is InChI=1S/C3H4N2O2.C2H7P/c6-2-1-4-3(7)5-2;1-2-3/h1H2,(H2,4,5,6,7);2-3H2,1H3. The highest BCUT2D eigenvalue weighted by Gasteiger charge is 2.14. The Bertz CT molecular complexity index is 124. The zero-order valence-corrected chi connectivity index (χ0v) is 6.96. The van der Waals surface area contributed by atoms with Gasteiger partial charge in [0.05, 0.1) is 6.54 Å². The van der Waals surface area contributed by atoms with Crippen LogP contribution >= 0.6 is 9.24 Å². The van der Waals surface area contributed by atoms with Gasteiger partial charge in [0.1, 0.15) is 0 Å². The minimum Gasteiger partial charge on any atom is -0.329 e. The number of amides is 3. The molecule has 1 fully saturated rings. The predicted octanol–water partition coefficient (Wildman–Crippen LogP) is -0.293. The fourth-order valence-electron chi connectivity index (χ4n) is 0.376. The summed E-state index contributed by atoms with van der Waals surface area (Å²) in [4.78, 5) is 20.1. The SMILES string of the molecule is CCP.O=C1CNC(=O)N1. The van der Waals surface area contributed by atoms with E-state index in [1.807, 2.05) is 5.32 Å². The van der Waals surface area contributed by atoms with Gasteiger partial charge in [0, 0.05) is 0 Å². The predicted molar refractivity (Wildman–Crippen MR) is 41.8 cm³/mol. The summed E-state index contributed by atoms with van der Waals surface area (Å²) < 4.78 is 0. The maximum Gasteiger partial charge on any atom is 0.321 e. The van der Waals surface area contributed by atoms with Crippen molar-refractivity contribution in [1.82, 2.24) is 10.6 Å². The van der Waals surface area contributed by atoms with Crippen LogP contribution in [0.25, 0.3) is 0 Å². The number of urea groups is 1. The second-order valence-corrected chi connectivity index (χ2v) is 2.46. The van der Waals surface area contributed by atoms with Crippen LogP contribution in [0.3, 0.4) is 0 Å². The van der Waals surface area contributed by atoms with E-state index in [4.69, 9.17) is 0 Å². The monoisotopic (exact) mass is 162 g/mol. The van der Waals surface area contributed by atoms with Gasteiger partial charge in [-0.1, -0.05) is 6.92 Å². The molecule has 0 aromatic carbocycles. The summed E-state index contributed by atoms with van der Waals surface area (Å²) >= 11 is 0. The van der Waals surface area contributed by atoms with Crippen molar-refractivity contribution < 1.29 is 9.59 Å². The van der Waals surface area contributed by atoms with Crippen LogP contribution in [0.2, 0.25) is 0 Å². The summed E-state index contributed by atoms with van der Waals surface area (Å²) in [6.07, 6.45) is 1.17. The highest BCUT2D eigenvalue weighted by atomic mass is 31.0. The van der Waals surface area contributed by atoms with E-state index in [-0.39, 0.29) is 12.5 Å². The van der Waals surface area contributed by atoms with Gasteiger partial charge in [-0.2, -0.15) is 0 Å². The van der Waals surface area contributed by atoms with Crippen molar-refractivity contribution in [3.05, 3.63) is 0 Å². The van der Waals surface area contributed by atoms with Crippen molar-refractivity contribution >= 4 is 21.2 Å². The van der Waals surface area contributed by atoms with E-state index >= 15 is 0 Å². The normalized spacial score (nSPS) is 15.0. The minimum absolute atomic E-state index is 0.124. The lowest BCUT2D eigenvalue weighted by Gasteiger charge is -1.78. The largest absolute Gasteiger partial charge is 0.329 e. The van der Waals surface area contributed by atoms with Crippen LogP contribution in [0.1, 0.15) is 6.92 Å². The third kappa shape index (κ3) is 4.27. The second-order valence-electron chi connectivity index (χ2n) is 1.64. The maximum atomic E-state index is 10.1. The quantitative estimate of drug-likeness (QED) is 0.379. The van der Waals surface area contributed by atoms with Gasteiger partial charge < -0.3 is 5.32 Å². The van der Waals surface area contributed by atoms with Crippen molar-refractivity contribution in [2.75, 3.05) is 12.7 Å². The highest BCUT2D eigenvalue weighted by molar-refractivity contribution is 7.16. The molecular weight excluding hydrogens is 151 g/mol. The molecular formula is C5H11N2O2P. The van der Waals surface area contributed by atoms with Gasteiger partial charge in [-0.25, -0.2) is 4.79 Å². The molecule has 58 valence electrons. The summed E-state index contributed by atoms with van der Waals surface area (Å²) in [5.74, 6) is -0.259. The van der Waals surface area contributed by atoms with Crippen LogP contribution in [-0.4, -0.2) is 24.6 Å². The first kappa shape index (κ1) is 9.37. The average Bonchev–Trinajstić information content (AvgIpc) is 2.17. The van der Waals surface area contributed by atoms with Gasteiger partial charge in [0.2, 0.25) is 5.91 Å². The number of rotatable bonds is 0. The number of imide groups is 1. The molecule has 0 spiro atoms. The van der Waals surface area contributed by atoms with Crippen molar-refractivity contribution in [1.29, 1.82) is 0 Å². The molecule has 1 heterocycles. The fraction of sp³-hybridized carbons (Fsp3) is 0.600. The van der Waals surface area contributed by atoms with Gasteiger partial charge in [0.25, 0.3) is 0 Å². The molecule has 1 atom stereocenters. The number of carbonyl (C=O) groups is 2. The lowest BCUT2D eigenvalue weighted by molar-refractivity contribution is -0.117. The Labute approximate surface area is 62.0 Å². The first-order valence-electron chi connectivity index (χ1n) is 2.98. The van der Waals surface area contributed by atoms with Crippen molar-refractivity contribution in [2.45, 2.75) is 6.92 Å². The van der Waals surface area contributed by atoms with Gasteiger partial charge in [-0.3, -0.25) is 10.1 Å². The summed E-state index contributed by atoms with van der Waals surface area (Å²) in [7, 11) is 2.58. The Morgan fingerprint density at radius 1 is 1.60 bits per heavy atom. The lowest BCUT2D eigenvalue weighted by Crippen LogP contribution is -2.22. The summed E-state index contributed by atoms with van der Waals surface area (Å²) in [6, 6.07) is -0.398. The summed E-state index contributed by atoms with van der Waals surface area (Å²) in [6.45, 7) is 2.21. The first-order chi connectivity index (χ1) is 4.70. The molecule has 10 heavy (non-hydrogen) atoms. The highest BCUT2D eigenvalue weighted by Crippen LogP contribution is 1.73. The molecule has 0 radical (unpaired) electrons. The topological polar surface area (TPSA) is 58.2 Å². The Hall–Kier alpha value is -0.630. The minimum atomic E-state index is -0.398. The average molecular weight is 162 g/mol. The molecule has 0 aromatic rings. The van der Waals surface area contributed by atoms with E-state index in [0.29, 0.717) is 0 Å². The lowest BCUT2D eigenvalue weighted by atomic mass is 10.7. The number of hydrogen-bond donors (Lipinski definition) is 2. The molecule has 0 aromatic heterocycles. The Kier molecular flexibility index (Phi) is 4.85. The van der Waals surface area contributed by atoms with Crippen molar-refractivity contribution in [2.24, 2.45) is 0 Å². The van der Waals surface area contributed by atoms with E-state index in [9.17, 15) is 9.59 Å². The third-order valence-electron chi connectivity index (χ3n) is 0.662. The smallest absolute Gasteiger partial charge is 0.321 e. The molecule has 3 amide bonds. The van der Waals surface area contributed by atoms with Crippen LogP contribution in [0.4, 0.5) is 4.79 Å². The fourth-order valence-corrected chi connectivity index (χ4v) is 0.376. The van der Waals surface area contributed by atoms with E-state index < -0.39 is 6.03 Å². The molecule has 1 saturated heterocycles. The number of hydrogen-bond acceptors (Lipinski definition) is 2. The Morgan fingerprint density at radius 2 is 2.10 bits per heavy atom. The van der Waals surface area contributed by atoms with E-state index in [1.54, 1.807) is 0 Å². The summed E-state index contributed by atoms with van der Waals surface area (Å²) in [5, 5.41) is 4.30. The molecule has 1 rings (SSSR count). The van der Waals surface area contributed by atoms with Crippen LogP contribution in [0.5, 0.6) is 0 Å². The zero-order valence-electron chi connectivity index (χ0n) is 5.81. The molecule has 2 N–H and O–H groups in total. The molecule has 1 aliphatic heterocycles. The van der Waals surface area contributed by atoms with Gasteiger partial charge in [0.15, 0.2) is 0 Å². The van der Waals surface area contributed by atoms with E-state index in [0.717, 1.165) is 0 Å². The maximum absolute atomic E-state index is 10.1. The number of nitrogens with one attached hydrogen (secondary N) is 2. The van der Waals surface area contributed by atoms with Crippen molar-refractivity contribution in [3.63, 3.8) is 0 Å². The van der Waals surface area contributed by atoms with Crippen molar-refractivity contribution in [3.8, 4) is 0 Å². The molecule has 1 unspecified atom stereocenters. The van der Waals surface area contributed by atoms with Crippen LogP contribution < -0.4 is 10.6 Å². The molecule has 1 aliphatic rings. The molecule has 0 saturated carbocycles. The second kappa shape index (κ2) is 5.18. The van der Waals surface area contributed by atoms with Gasteiger partial charge in [-0.05, 0) is 6.16 Å². The Morgan fingerprint density at radius 3 is 2.20 bits per heavy atom. The van der Waals surface area contributed by atoms with E-state index in [2.05, 4.69) is 21.5 Å². The van der Waals surface area contributed by atoms with Gasteiger partial charge >= 0.3 is 6.03 Å². The zero-order chi connectivity index (χ0) is 7.98. The van der Waals surface area contributed by atoms with Crippen LogP contribution in [0, 0.1) is 0 Å². The number of carbonyl (C=O) groups excluding carboxylic acids is 2. The third-order valence-corrected chi connectivity index (χ3v) is 0.662. The first-order valence-corrected chi connectivity index (χ1v) is 3.80. The Balaban J connectivity index is 0.000000236.